The molecule has 146 valence electrons. The molecule has 1 atom stereocenters. The minimum atomic E-state index is 0.106. The van der Waals surface area contributed by atoms with Crippen LogP contribution < -0.4 is 18.9 Å². The van der Waals surface area contributed by atoms with Gasteiger partial charge in [0.2, 0.25) is 12.5 Å². The van der Waals surface area contributed by atoms with E-state index in [9.17, 15) is 0 Å². The predicted octanol–water partition coefficient (Wildman–Crippen LogP) is 3.64. The van der Waals surface area contributed by atoms with Gasteiger partial charge in [-0.3, -0.25) is 0 Å². The number of methoxy groups -OCH3 is 2. The Bertz CT molecular complexity index is 1070. The third-order valence-electron chi connectivity index (χ3n) is 6.09. The van der Waals surface area contributed by atoms with Crippen LogP contribution in [0.1, 0.15) is 22.7 Å². The molecule has 6 heteroatoms. The minimum absolute atomic E-state index is 0.106. The summed E-state index contributed by atoms with van der Waals surface area (Å²) in [5.41, 5.74) is 4.78. The van der Waals surface area contributed by atoms with Gasteiger partial charge in [-0.2, -0.15) is 0 Å². The predicted molar refractivity (Wildman–Crippen MR) is 106 cm³/mol. The van der Waals surface area contributed by atoms with Gasteiger partial charge in [0.25, 0.3) is 0 Å². The van der Waals surface area contributed by atoms with Crippen LogP contribution >= 0.6 is 0 Å². The number of likely N-dealkylation sites (N-methyl/N-ethyl adjacent to an activating group) is 1. The summed E-state index contributed by atoms with van der Waals surface area (Å²) in [7, 11) is 7.96. The van der Waals surface area contributed by atoms with E-state index in [1.807, 2.05) is 6.07 Å². The third-order valence-corrected chi connectivity index (χ3v) is 6.09. The molecule has 0 saturated carbocycles. The van der Waals surface area contributed by atoms with Crippen LogP contribution in [0.2, 0.25) is 0 Å². The van der Waals surface area contributed by atoms with E-state index in [-0.39, 0.29) is 12.8 Å². The third kappa shape index (κ3) is 2.37. The molecule has 0 bridgehead atoms. The number of aromatic nitrogens is 1. The zero-order valence-corrected chi connectivity index (χ0v) is 16.7. The molecular formula is C22H25N2O4+. The molecule has 3 aromatic rings. The Labute approximate surface area is 164 Å². The quantitative estimate of drug-likeness (QED) is 0.704. The maximum Gasteiger partial charge on any atom is 0.231 e. The Morgan fingerprint density at radius 3 is 2.75 bits per heavy atom. The second-order valence-corrected chi connectivity index (χ2v) is 8.03. The van der Waals surface area contributed by atoms with Crippen molar-refractivity contribution in [3.8, 4) is 23.0 Å². The second kappa shape index (κ2) is 6.07. The molecule has 2 aliphatic heterocycles. The molecule has 1 aromatic heterocycles. The van der Waals surface area contributed by atoms with Crippen LogP contribution in [0.4, 0.5) is 0 Å². The molecule has 2 aliphatic rings. The van der Waals surface area contributed by atoms with Crippen LogP contribution in [0.25, 0.3) is 10.9 Å². The molecule has 0 fully saturated rings. The van der Waals surface area contributed by atoms with E-state index in [1.165, 1.54) is 22.1 Å². The van der Waals surface area contributed by atoms with Crippen LogP contribution in [0.3, 0.4) is 0 Å². The first kappa shape index (κ1) is 17.3. The lowest BCUT2D eigenvalue weighted by Crippen LogP contribution is -2.48. The van der Waals surface area contributed by atoms with Crippen LogP contribution in [0.5, 0.6) is 23.0 Å². The van der Waals surface area contributed by atoms with Crippen LogP contribution in [-0.2, 0) is 6.42 Å². The number of aromatic amines is 1. The molecular weight excluding hydrogens is 356 g/mol. The fourth-order valence-corrected chi connectivity index (χ4v) is 4.68. The summed E-state index contributed by atoms with van der Waals surface area (Å²) in [6, 6.07) is 8.39. The number of quaternary nitrogens is 1. The topological polar surface area (TPSA) is 52.7 Å². The SMILES string of the molecule is COc1ccc2[nH]cc([C@@H]3c4c(cc5c(c4OC)OCO5)CC[N+]3(C)C)c2c1. The number of ether oxygens (including phenoxy) is 4. The number of nitrogens with zero attached hydrogens (tertiary/aromatic N) is 1. The van der Waals surface area contributed by atoms with Gasteiger partial charge in [-0.1, -0.05) is 0 Å². The first-order chi connectivity index (χ1) is 13.5. The van der Waals surface area contributed by atoms with Crippen molar-refractivity contribution >= 4 is 10.9 Å². The standard InChI is InChI=1S/C22H25N2O4/c1-24(2)8-7-13-9-18-21(28-12-27-18)22(26-4)19(13)20(24)16-11-23-17-6-5-14(25-3)10-15(16)17/h5-6,9-11,20,23H,7-8,12H2,1-4H3/q+1/t20-/m1/s1. The molecule has 0 saturated heterocycles. The zero-order chi connectivity index (χ0) is 19.5. The Morgan fingerprint density at radius 1 is 1.11 bits per heavy atom. The summed E-state index contributed by atoms with van der Waals surface area (Å²) in [6.45, 7) is 1.26. The van der Waals surface area contributed by atoms with Crippen molar-refractivity contribution in [2.75, 3.05) is 41.7 Å². The van der Waals surface area contributed by atoms with E-state index in [2.05, 4.69) is 43.5 Å². The Balaban J connectivity index is 1.79. The zero-order valence-electron chi connectivity index (χ0n) is 16.7. The molecule has 6 nitrogen and oxygen atoms in total. The first-order valence-electron chi connectivity index (χ1n) is 9.50. The Morgan fingerprint density at radius 2 is 1.96 bits per heavy atom. The average molecular weight is 381 g/mol. The summed E-state index contributed by atoms with van der Waals surface area (Å²) in [6.07, 6.45) is 3.09. The van der Waals surface area contributed by atoms with E-state index < -0.39 is 0 Å². The Hall–Kier alpha value is -2.86. The largest absolute Gasteiger partial charge is 0.497 e. The van der Waals surface area contributed by atoms with E-state index >= 15 is 0 Å². The molecule has 28 heavy (non-hydrogen) atoms. The van der Waals surface area contributed by atoms with Gasteiger partial charge < -0.3 is 28.4 Å². The fraction of sp³-hybridized carbons (Fsp3) is 0.364. The lowest BCUT2D eigenvalue weighted by atomic mass is 9.85. The van der Waals surface area contributed by atoms with Gasteiger partial charge in [0.05, 0.1) is 40.4 Å². The fourth-order valence-electron chi connectivity index (χ4n) is 4.68. The smallest absolute Gasteiger partial charge is 0.231 e. The van der Waals surface area contributed by atoms with Crippen molar-refractivity contribution in [3.05, 3.63) is 47.2 Å². The maximum absolute atomic E-state index is 5.88. The monoisotopic (exact) mass is 381 g/mol. The number of fused-ring (bicyclic) bond motifs is 3. The maximum atomic E-state index is 5.88. The lowest BCUT2D eigenvalue weighted by molar-refractivity contribution is -0.917. The van der Waals surface area contributed by atoms with Gasteiger partial charge in [-0.05, 0) is 29.8 Å². The highest BCUT2D eigenvalue weighted by molar-refractivity contribution is 5.86. The summed E-state index contributed by atoms with van der Waals surface area (Å²) >= 11 is 0. The number of hydrogen-bond donors (Lipinski definition) is 1. The summed E-state index contributed by atoms with van der Waals surface area (Å²) in [4.78, 5) is 3.43. The van der Waals surface area contributed by atoms with Gasteiger partial charge in [-0.15, -0.1) is 0 Å². The van der Waals surface area contributed by atoms with Crippen molar-refractivity contribution in [1.82, 2.24) is 4.98 Å². The molecule has 0 amide bonds. The van der Waals surface area contributed by atoms with Crippen molar-refractivity contribution in [2.45, 2.75) is 12.5 Å². The van der Waals surface area contributed by atoms with Gasteiger partial charge in [0, 0.05) is 29.1 Å². The number of benzene rings is 2. The second-order valence-electron chi connectivity index (χ2n) is 8.03. The first-order valence-corrected chi connectivity index (χ1v) is 9.50. The van der Waals surface area contributed by atoms with Crippen LogP contribution in [0.15, 0.2) is 30.5 Å². The molecule has 3 heterocycles. The van der Waals surface area contributed by atoms with Gasteiger partial charge >= 0.3 is 0 Å². The number of hydrogen-bond acceptors (Lipinski definition) is 4. The molecule has 2 aromatic carbocycles. The highest BCUT2D eigenvalue weighted by Crippen LogP contribution is 2.53. The minimum Gasteiger partial charge on any atom is -0.497 e. The van der Waals surface area contributed by atoms with E-state index in [4.69, 9.17) is 18.9 Å². The summed E-state index contributed by atoms with van der Waals surface area (Å²) in [5.74, 6) is 3.14. The van der Waals surface area contributed by atoms with Crippen molar-refractivity contribution < 1.29 is 23.4 Å². The molecule has 0 radical (unpaired) electrons. The van der Waals surface area contributed by atoms with Gasteiger partial charge in [-0.25, -0.2) is 0 Å². The van der Waals surface area contributed by atoms with Crippen molar-refractivity contribution in [2.24, 2.45) is 0 Å². The normalized spacial score (nSPS) is 19.5. The van der Waals surface area contributed by atoms with Crippen molar-refractivity contribution in [1.29, 1.82) is 0 Å². The number of rotatable bonds is 3. The van der Waals surface area contributed by atoms with Crippen LogP contribution in [0, 0.1) is 0 Å². The molecule has 0 spiro atoms. The highest BCUT2D eigenvalue weighted by atomic mass is 16.7. The summed E-state index contributed by atoms with van der Waals surface area (Å²) in [5, 5.41) is 1.17. The van der Waals surface area contributed by atoms with Gasteiger partial charge in [0.1, 0.15) is 11.8 Å². The van der Waals surface area contributed by atoms with E-state index in [1.54, 1.807) is 14.2 Å². The summed E-state index contributed by atoms with van der Waals surface area (Å²) < 4.78 is 23.6. The average Bonchev–Trinajstić information content (AvgIpc) is 3.32. The molecule has 0 unspecified atom stereocenters. The number of nitrogens with one attached hydrogen (secondary N) is 1. The molecule has 0 aliphatic carbocycles. The number of H-pyrrole nitrogens is 1. The van der Waals surface area contributed by atoms with Crippen LogP contribution in [-0.4, -0.2) is 51.1 Å². The lowest BCUT2D eigenvalue weighted by Gasteiger charge is -2.43. The van der Waals surface area contributed by atoms with E-state index in [0.29, 0.717) is 5.75 Å². The highest BCUT2D eigenvalue weighted by Gasteiger charge is 2.43. The Kier molecular flexibility index (Phi) is 3.74. The van der Waals surface area contributed by atoms with E-state index in [0.717, 1.165) is 40.2 Å². The van der Waals surface area contributed by atoms with Crippen molar-refractivity contribution in [3.63, 3.8) is 0 Å². The molecule has 1 N–H and O–H groups in total. The van der Waals surface area contributed by atoms with Gasteiger partial charge in [0.15, 0.2) is 11.5 Å². The molecule has 5 rings (SSSR count).